The van der Waals surface area contributed by atoms with Crippen LogP contribution in [0.1, 0.15) is 11.1 Å². The number of hydrogen-bond donors (Lipinski definition) is 2. The van der Waals surface area contributed by atoms with E-state index in [1.165, 1.54) is 6.07 Å². The normalized spacial score (nSPS) is 10.2. The van der Waals surface area contributed by atoms with E-state index in [0.717, 1.165) is 5.56 Å². The molecule has 0 aliphatic carbocycles. The summed E-state index contributed by atoms with van der Waals surface area (Å²) in [6.45, 7) is 0.671. The van der Waals surface area contributed by atoms with Crippen LogP contribution >= 0.6 is 11.6 Å². The van der Waals surface area contributed by atoms with Gasteiger partial charge < -0.3 is 10.6 Å². The highest BCUT2D eigenvalue weighted by Gasteiger charge is 2.03. The van der Waals surface area contributed by atoms with Crippen molar-refractivity contribution < 1.29 is 9.18 Å². The first kappa shape index (κ1) is 15.3. The van der Waals surface area contributed by atoms with E-state index in [0.29, 0.717) is 23.6 Å². The summed E-state index contributed by atoms with van der Waals surface area (Å²) in [6, 6.07) is 13.5. The smallest absolute Gasteiger partial charge is 0.315 e. The van der Waals surface area contributed by atoms with Crippen molar-refractivity contribution in [2.24, 2.45) is 0 Å². The molecule has 0 aliphatic heterocycles. The van der Waals surface area contributed by atoms with Crippen LogP contribution in [-0.2, 0) is 13.0 Å². The zero-order valence-electron chi connectivity index (χ0n) is 11.4. The fourth-order valence-electron chi connectivity index (χ4n) is 1.85. The molecule has 2 amide bonds. The van der Waals surface area contributed by atoms with E-state index in [9.17, 15) is 9.18 Å². The minimum Gasteiger partial charge on any atom is -0.338 e. The number of carbonyl (C=O) groups excluding carboxylic acids is 1. The van der Waals surface area contributed by atoms with E-state index in [1.54, 1.807) is 18.2 Å². The molecule has 2 N–H and O–H groups in total. The zero-order valence-corrected chi connectivity index (χ0v) is 12.2. The number of carbonyl (C=O) groups is 1. The number of urea groups is 1. The first-order chi connectivity index (χ1) is 10.1. The zero-order chi connectivity index (χ0) is 15.1. The van der Waals surface area contributed by atoms with Crippen molar-refractivity contribution in [2.75, 3.05) is 6.54 Å². The Kier molecular flexibility index (Phi) is 5.58. The summed E-state index contributed by atoms with van der Waals surface area (Å²) >= 11 is 5.80. The lowest BCUT2D eigenvalue weighted by Gasteiger charge is -2.08. The van der Waals surface area contributed by atoms with Crippen LogP contribution in [0.3, 0.4) is 0 Å². The highest BCUT2D eigenvalue weighted by molar-refractivity contribution is 6.30. The molecule has 0 saturated carbocycles. The van der Waals surface area contributed by atoms with Crippen molar-refractivity contribution in [1.29, 1.82) is 0 Å². The molecule has 2 aromatic carbocycles. The van der Waals surface area contributed by atoms with E-state index in [2.05, 4.69) is 10.6 Å². The van der Waals surface area contributed by atoms with E-state index in [1.807, 2.05) is 24.3 Å². The SMILES string of the molecule is O=C(NCCc1ccc(Cl)cc1)NCc1ccccc1F. The second-order valence-corrected chi connectivity index (χ2v) is 5.01. The molecular formula is C16H16ClFN2O. The van der Waals surface area contributed by atoms with Gasteiger partial charge in [0.1, 0.15) is 5.82 Å². The predicted octanol–water partition coefficient (Wildman–Crippen LogP) is 3.52. The third kappa shape index (κ3) is 5.08. The Bertz CT molecular complexity index is 601. The molecule has 0 aliphatic rings. The molecule has 110 valence electrons. The van der Waals surface area contributed by atoms with Crippen LogP contribution in [0.5, 0.6) is 0 Å². The summed E-state index contributed by atoms with van der Waals surface area (Å²) in [5, 5.41) is 6.04. The highest BCUT2D eigenvalue weighted by Crippen LogP contribution is 2.09. The van der Waals surface area contributed by atoms with Crippen LogP contribution in [0.15, 0.2) is 48.5 Å². The minimum absolute atomic E-state index is 0.166. The molecule has 0 saturated heterocycles. The van der Waals surface area contributed by atoms with E-state index < -0.39 is 0 Å². The quantitative estimate of drug-likeness (QED) is 0.872. The van der Waals surface area contributed by atoms with Crippen LogP contribution in [0.25, 0.3) is 0 Å². The van der Waals surface area contributed by atoms with Crippen LogP contribution in [0.2, 0.25) is 5.02 Å². The molecular weight excluding hydrogens is 291 g/mol. The van der Waals surface area contributed by atoms with Crippen molar-refractivity contribution >= 4 is 17.6 Å². The molecule has 2 aromatic rings. The van der Waals surface area contributed by atoms with Gasteiger partial charge in [0.05, 0.1) is 0 Å². The number of halogens is 2. The topological polar surface area (TPSA) is 41.1 Å². The molecule has 0 radical (unpaired) electrons. The summed E-state index contributed by atoms with van der Waals surface area (Å²) in [5.41, 5.74) is 1.55. The highest BCUT2D eigenvalue weighted by atomic mass is 35.5. The van der Waals surface area contributed by atoms with Gasteiger partial charge in [-0.3, -0.25) is 0 Å². The van der Waals surface area contributed by atoms with Crippen LogP contribution in [0.4, 0.5) is 9.18 Å². The largest absolute Gasteiger partial charge is 0.338 e. The monoisotopic (exact) mass is 306 g/mol. The standard InChI is InChI=1S/C16H16ClFN2O/c17-14-7-5-12(6-8-14)9-10-19-16(21)20-11-13-3-1-2-4-15(13)18/h1-8H,9-11H2,(H2,19,20,21). The molecule has 0 atom stereocenters. The molecule has 0 fully saturated rings. The summed E-state index contributed by atoms with van der Waals surface area (Å²) in [5.74, 6) is -0.320. The molecule has 0 aromatic heterocycles. The van der Waals surface area contributed by atoms with Crippen molar-refractivity contribution in [3.63, 3.8) is 0 Å². The first-order valence-electron chi connectivity index (χ1n) is 6.65. The van der Waals surface area contributed by atoms with Gasteiger partial charge >= 0.3 is 6.03 Å². The maximum absolute atomic E-state index is 13.4. The average molecular weight is 307 g/mol. The second-order valence-electron chi connectivity index (χ2n) is 4.58. The molecule has 21 heavy (non-hydrogen) atoms. The molecule has 5 heteroatoms. The van der Waals surface area contributed by atoms with Crippen molar-refractivity contribution in [3.8, 4) is 0 Å². The Labute approximate surface area is 128 Å². The van der Waals surface area contributed by atoms with Gasteiger partial charge in [0, 0.05) is 23.7 Å². The van der Waals surface area contributed by atoms with Crippen molar-refractivity contribution in [3.05, 3.63) is 70.5 Å². The Morgan fingerprint density at radius 1 is 1.05 bits per heavy atom. The van der Waals surface area contributed by atoms with Gasteiger partial charge in [0.2, 0.25) is 0 Å². The third-order valence-electron chi connectivity index (χ3n) is 3.01. The van der Waals surface area contributed by atoms with Gasteiger partial charge in [0.25, 0.3) is 0 Å². The fraction of sp³-hybridized carbons (Fsp3) is 0.188. The lowest BCUT2D eigenvalue weighted by molar-refractivity contribution is 0.240. The molecule has 2 rings (SSSR count). The Hall–Kier alpha value is -2.07. The van der Waals surface area contributed by atoms with Crippen molar-refractivity contribution in [1.82, 2.24) is 10.6 Å². The molecule has 0 bridgehead atoms. The van der Waals surface area contributed by atoms with Crippen LogP contribution in [0, 0.1) is 5.82 Å². The lowest BCUT2D eigenvalue weighted by atomic mass is 10.1. The van der Waals surface area contributed by atoms with Gasteiger partial charge in [-0.05, 0) is 30.2 Å². The van der Waals surface area contributed by atoms with Crippen LogP contribution in [-0.4, -0.2) is 12.6 Å². The third-order valence-corrected chi connectivity index (χ3v) is 3.26. The fourth-order valence-corrected chi connectivity index (χ4v) is 1.98. The average Bonchev–Trinajstić information content (AvgIpc) is 2.48. The Balaban J connectivity index is 1.70. The van der Waals surface area contributed by atoms with E-state index in [4.69, 9.17) is 11.6 Å². The lowest BCUT2D eigenvalue weighted by Crippen LogP contribution is -2.36. The van der Waals surface area contributed by atoms with Gasteiger partial charge in [-0.1, -0.05) is 41.9 Å². The van der Waals surface area contributed by atoms with Gasteiger partial charge in [-0.15, -0.1) is 0 Å². The Morgan fingerprint density at radius 2 is 1.76 bits per heavy atom. The number of benzene rings is 2. The molecule has 0 spiro atoms. The summed E-state index contributed by atoms with van der Waals surface area (Å²) < 4.78 is 13.4. The summed E-state index contributed by atoms with van der Waals surface area (Å²) in [6.07, 6.45) is 0.713. The molecule has 3 nitrogen and oxygen atoms in total. The van der Waals surface area contributed by atoms with Gasteiger partial charge in [0.15, 0.2) is 0 Å². The van der Waals surface area contributed by atoms with Gasteiger partial charge in [-0.2, -0.15) is 0 Å². The maximum atomic E-state index is 13.4. The van der Waals surface area contributed by atoms with Crippen molar-refractivity contribution in [2.45, 2.75) is 13.0 Å². The minimum atomic E-state index is -0.320. The number of amides is 2. The molecule has 0 unspecified atom stereocenters. The predicted molar refractivity (Wildman–Crippen MR) is 81.8 cm³/mol. The first-order valence-corrected chi connectivity index (χ1v) is 7.02. The maximum Gasteiger partial charge on any atom is 0.315 e. The van der Waals surface area contributed by atoms with E-state index >= 15 is 0 Å². The Morgan fingerprint density at radius 3 is 2.48 bits per heavy atom. The number of rotatable bonds is 5. The summed E-state index contributed by atoms with van der Waals surface area (Å²) in [7, 11) is 0. The second kappa shape index (κ2) is 7.64. The molecule has 0 heterocycles. The van der Waals surface area contributed by atoms with Gasteiger partial charge in [-0.25, -0.2) is 9.18 Å². The van der Waals surface area contributed by atoms with Crippen LogP contribution < -0.4 is 10.6 Å². The van der Waals surface area contributed by atoms with E-state index in [-0.39, 0.29) is 18.4 Å². The number of nitrogens with one attached hydrogen (secondary N) is 2. The summed E-state index contributed by atoms with van der Waals surface area (Å²) in [4.78, 5) is 11.6. The number of hydrogen-bond acceptors (Lipinski definition) is 1.